The monoisotopic (exact) mass is 412 g/mol. The summed E-state index contributed by atoms with van der Waals surface area (Å²) in [4.78, 5) is 29.9. The number of hydrogen-bond donors (Lipinski definition) is 2. The van der Waals surface area contributed by atoms with Gasteiger partial charge in [-0.15, -0.1) is 11.8 Å². The molecule has 0 spiro atoms. The first-order valence-electron chi connectivity index (χ1n) is 9.91. The van der Waals surface area contributed by atoms with Crippen molar-refractivity contribution in [1.82, 2.24) is 10.2 Å². The highest BCUT2D eigenvalue weighted by atomic mass is 32.2. The van der Waals surface area contributed by atoms with E-state index >= 15 is 0 Å². The highest BCUT2D eigenvalue weighted by Gasteiger charge is 2.17. The van der Waals surface area contributed by atoms with E-state index in [2.05, 4.69) is 44.7 Å². The molecule has 154 valence electrons. The zero-order chi connectivity index (χ0) is 20.5. The molecular weight excluding hydrogens is 384 g/mol. The van der Waals surface area contributed by atoms with E-state index in [0.29, 0.717) is 12.2 Å². The van der Waals surface area contributed by atoms with Crippen molar-refractivity contribution in [3.63, 3.8) is 0 Å². The molecule has 2 aromatic carbocycles. The fraction of sp³-hybridized carbons (Fsp3) is 0.364. The highest BCUT2D eigenvalue weighted by Crippen LogP contribution is 2.19. The van der Waals surface area contributed by atoms with E-state index in [0.717, 1.165) is 44.0 Å². The van der Waals surface area contributed by atoms with Gasteiger partial charge in [0, 0.05) is 49.0 Å². The zero-order valence-corrected chi connectivity index (χ0v) is 17.6. The van der Waals surface area contributed by atoms with Crippen LogP contribution in [0.15, 0.2) is 59.5 Å². The molecule has 1 aliphatic rings. The van der Waals surface area contributed by atoms with Crippen LogP contribution in [0.2, 0.25) is 0 Å². The largest absolute Gasteiger partial charge is 0.369 e. The molecule has 1 heterocycles. The van der Waals surface area contributed by atoms with Gasteiger partial charge in [0.25, 0.3) is 0 Å². The lowest BCUT2D eigenvalue weighted by Crippen LogP contribution is -2.47. The van der Waals surface area contributed by atoms with Gasteiger partial charge in [0.05, 0.1) is 0 Å². The smallest absolute Gasteiger partial charge is 0.313 e. The van der Waals surface area contributed by atoms with Crippen molar-refractivity contribution in [2.75, 3.05) is 55.7 Å². The molecule has 6 nitrogen and oxygen atoms in total. The van der Waals surface area contributed by atoms with Gasteiger partial charge in [0.1, 0.15) is 0 Å². The van der Waals surface area contributed by atoms with E-state index in [1.807, 2.05) is 30.5 Å². The number of nitrogens with zero attached hydrogens (tertiary/aromatic N) is 2. The molecule has 2 N–H and O–H groups in total. The minimum atomic E-state index is -0.625. The van der Waals surface area contributed by atoms with E-state index in [1.54, 1.807) is 17.8 Å². The zero-order valence-electron chi connectivity index (χ0n) is 16.8. The second-order valence-electron chi connectivity index (χ2n) is 6.96. The molecule has 0 aliphatic carbocycles. The Kier molecular flexibility index (Phi) is 7.95. The first-order valence-corrected chi connectivity index (χ1v) is 11.1. The summed E-state index contributed by atoms with van der Waals surface area (Å²) in [7, 11) is 0. The van der Waals surface area contributed by atoms with Gasteiger partial charge in [-0.05, 0) is 49.6 Å². The number of hydrogen-bond acceptors (Lipinski definition) is 5. The predicted octanol–water partition coefficient (Wildman–Crippen LogP) is 2.68. The van der Waals surface area contributed by atoms with Gasteiger partial charge >= 0.3 is 11.8 Å². The van der Waals surface area contributed by atoms with Crippen molar-refractivity contribution in [1.29, 1.82) is 0 Å². The summed E-state index contributed by atoms with van der Waals surface area (Å²) < 4.78 is 0. The van der Waals surface area contributed by atoms with Crippen molar-refractivity contribution in [2.45, 2.75) is 11.3 Å². The Morgan fingerprint density at radius 2 is 1.72 bits per heavy atom. The van der Waals surface area contributed by atoms with E-state index in [-0.39, 0.29) is 0 Å². The number of piperazine rings is 1. The molecular formula is C22H28N4O2S. The number of amides is 2. The molecule has 0 atom stereocenters. The number of rotatable bonds is 7. The number of carbonyl (C=O) groups is 2. The Hall–Kier alpha value is -2.51. The van der Waals surface area contributed by atoms with Crippen LogP contribution in [0, 0.1) is 0 Å². The van der Waals surface area contributed by atoms with Crippen LogP contribution >= 0.6 is 11.8 Å². The lowest BCUT2D eigenvalue weighted by molar-refractivity contribution is -0.136. The lowest BCUT2D eigenvalue weighted by Gasteiger charge is -2.36. The number of anilines is 2. The molecule has 1 saturated heterocycles. The van der Waals surface area contributed by atoms with Gasteiger partial charge in [-0.1, -0.05) is 24.3 Å². The van der Waals surface area contributed by atoms with E-state index in [9.17, 15) is 9.59 Å². The molecule has 0 radical (unpaired) electrons. The standard InChI is InChI=1S/C22H28N4O2S/c1-29-20-10-5-7-18(17-20)24-22(28)21(27)23-11-6-12-25-13-15-26(16-14-25)19-8-3-2-4-9-19/h2-5,7-10,17H,6,11-16H2,1H3,(H,23,27)(H,24,28). The third kappa shape index (κ3) is 6.51. The van der Waals surface area contributed by atoms with E-state index < -0.39 is 11.8 Å². The van der Waals surface area contributed by atoms with Crippen molar-refractivity contribution in [3.8, 4) is 0 Å². The Balaban J connectivity index is 1.32. The molecule has 2 amide bonds. The second kappa shape index (κ2) is 10.9. The molecule has 2 aromatic rings. The predicted molar refractivity (Wildman–Crippen MR) is 120 cm³/mol. The maximum atomic E-state index is 12.0. The molecule has 1 fully saturated rings. The second-order valence-corrected chi connectivity index (χ2v) is 7.84. The summed E-state index contributed by atoms with van der Waals surface area (Å²) in [6.45, 7) is 5.45. The van der Waals surface area contributed by atoms with Gasteiger partial charge in [-0.2, -0.15) is 0 Å². The third-order valence-corrected chi connectivity index (χ3v) is 5.69. The van der Waals surface area contributed by atoms with Gasteiger partial charge < -0.3 is 15.5 Å². The molecule has 0 aromatic heterocycles. The molecule has 7 heteroatoms. The lowest BCUT2D eigenvalue weighted by atomic mass is 10.2. The molecule has 0 saturated carbocycles. The van der Waals surface area contributed by atoms with E-state index in [1.165, 1.54) is 5.69 Å². The van der Waals surface area contributed by atoms with Crippen LogP contribution in [0.1, 0.15) is 6.42 Å². The van der Waals surface area contributed by atoms with Crippen LogP contribution in [0.3, 0.4) is 0 Å². The van der Waals surface area contributed by atoms with Crippen LogP contribution < -0.4 is 15.5 Å². The van der Waals surface area contributed by atoms with Crippen molar-refractivity contribution in [3.05, 3.63) is 54.6 Å². The number of thioether (sulfide) groups is 1. The van der Waals surface area contributed by atoms with E-state index in [4.69, 9.17) is 0 Å². The van der Waals surface area contributed by atoms with Crippen molar-refractivity contribution >= 4 is 35.0 Å². The highest BCUT2D eigenvalue weighted by molar-refractivity contribution is 7.98. The quantitative estimate of drug-likeness (QED) is 0.416. The maximum Gasteiger partial charge on any atom is 0.313 e. The van der Waals surface area contributed by atoms with Gasteiger partial charge in [0.15, 0.2) is 0 Å². The fourth-order valence-corrected chi connectivity index (χ4v) is 3.80. The van der Waals surface area contributed by atoms with Crippen LogP contribution in [-0.2, 0) is 9.59 Å². The van der Waals surface area contributed by atoms with Crippen LogP contribution in [0.4, 0.5) is 11.4 Å². The van der Waals surface area contributed by atoms with Gasteiger partial charge in [-0.25, -0.2) is 0 Å². The minimum absolute atomic E-state index is 0.496. The molecule has 0 bridgehead atoms. The van der Waals surface area contributed by atoms with Crippen LogP contribution in [0.5, 0.6) is 0 Å². The number of nitrogens with one attached hydrogen (secondary N) is 2. The van der Waals surface area contributed by atoms with Crippen LogP contribution in [-0.4, -0.2) is 62.2 Å². The Morgan fingerprint density at radius 3 is 2.45 bits per heavy atom. The molecule has 29 heavy (non-hydrogen) atoms. The van der Waals surface area contributed by atoms with Gasteiger partial charge in [-0.3, -0.25) is 14.5 Å². The molecule has 3 rings (SSSR count). The maximum absolute atomic E-state index is 12.0. The average molecular weight is 413 g/mol. The summed E-state index contributed by atoms with van der Waals surface area (Å²) in [5.41, 5.74) is 1.90. The van der Waals surface area contributed by atoms with Crippen molar-refractivity contribution in [2.24, 2.45) is 0 Å². The van der Waals surface area contributed by atoms with Gasteiger partial charge in [0.2, 0.25) is 0 Å². The first-order chi connectivity index (χ1) is 14.2. The Bertz CT molecular complexity index is 807. The fourth-order valence-electron chi connectivity index (χ4n) is 3.34. The summed E-state index contributed by atoms with van der Waals surface area (Å²) in [5, 5.41) is 5.36. The topological polar surface area (TPSA) is 64.7 Å². The minimum Gasteiger partial charge on any atom is -0.369 e. The number of carbonyl (C=O) groups excluding carboxylic acids is 2. The first kappa shape index (κ1) is 21.2. The summed E-state index contributed by atoms with van der Waals surface area (Å²) in [5.74, 6) is -1.21. The summed E-state index contributed by atoms with van der Waals surface area (Å²) >= 11 is 1.59. The number of benzene rings is 2. The third-order valence-electron chi connectivity index (χ3n) is 4.96. The summed E-state index contributed by atoms with van der Waals surface area (Å²) in [6, 6.07) is 17.9. The SMILES string of the molecule is CSc1cccc(NC(=O)C(=O)NCCCN2CCN(c3ccccc3)CC2)c1. The summed E-state index contributed by atoms with van der Waals surface area (Å²) in [6.07, 6.45) is 2.79. The normalized spacial score (nSPS) is 14.4. The van der Waals surface area contributed by atoms with Crippen LogP contribution in [0.25, 0.3) is 0 Å². The number of para-hydroxylation sites is 1. The molecule has 0 unspecified atom stereocenters. The average Bonchev–Trinajstić information content (AvgIpc) is 2.77. The molecule has 1 aliphatic heterocycles. The van der Waals surface area contributed by atoms with Crippen molar-refractivity contribution < 1.29 is 9.59 Å². The Labute approximate surface area is 176 Å². The Morgan fingerprint density at radius 1 is 0.966 bits per heavy atom.